The lowest BCUT2D eigenvalue weighted by molar-refractivity contribution is 0.302. The summed E-state index contributed by atoms with van der Waals surface area (Å²) in [5, 5.41) is 9.00. The molecule has 0 radical (unpaired) electrons. The van der Waals surface area contributed by atoms with Crippen molar-refractivity contribution in [1.82, 2.24) is 9.55 Å². The maximum atomic E-state index is 9.00. The number of hydrogen-bond acceptors (Lipinski definition) is 3. The fourth-order valence-electron chi connectivity index (χ4n) is 2.29. The van der Waals surface area contributed by atoms with Crippen LogP contribution in [0.1, 0.15) is 12.0 Å². The Morgan fingerprint density at radius 2 is 1.90 bits per heavy atom. The van der Waals surface area contributed by atoms with Gasteiger partial charge in [-0.2, -0.15) is 5.26 Å². The van der Waals surface area contributed by atoms with Crippen molar-refractivity contribution < 1.29 is 4.74 Å². The molecule has 0 aliphatic rings. The van der Waals surface area contributed by atoms with Gasteiger partial charge in [-0.15, -0.1) is 0 Å². The van der Waals surface area contributed by atoms with E-state index in [9.17, 15) is 0 Å². The maximum absolute atomic E-state index is 9.00. The molecule has 0 spiro atoms. The second-order valence-corrected chi connectivity index (χ2v) is 4.74. The molecular weight excluding hydrogens is 262 g/mol. The summed E-state index contributed by atoms with van der Waals surface area (Å²) >= 11 is 0. The van der Waals surface area contributed by atoms with Crippen molar-refractivity contribution in [3.05, 3.63) is 60.4 Å². The lowest BCUT2D eigenvalue weighted by Crippen LogP contribution is -2.04. The van der Waals surface area contributed by atoms with Crippen molar-refractivity contribution in [1.29, 1.82) is 5.26 Å². The van der Waals surface area contributed by atoms with Crippen molar-refractivity contribution in [3.63, 3.8) is 0 Å². The molecule has 3 aromatic rings. The van der Waals surface area contributed by atoms with Gasteiger partial charge in [-0.1, -0.05) is 24.3 Å². The third kappa shape index (κ3) is 2.87. The zero-order valence-corrected chi connectivity index (χ0v) is 11.6. The fraction of sp³-hybridized carbons (Fsp3) is 0.176. The van der Waals surface area contributed by atoms with E-state index >= 15 is 0 Å². The van der Waals surface area contributed by atoms with Crippen LogP contribution in [-0.4, -0.2) is 16.2 Å². The van der Waals surface area contributed by atoms with Crippen molar-refractivity contribution in [2.45, 2.75) is 13.0 Å². The molecule has 0 saturated heterocycles. The number of imidazole rings is 1. The molecule has 0 saturated carbocycles. The Morgan fingerprint density at radius 3 is 2.81 bits per heavy atom. The van der Waals surface area contributed by atoms with Crippen molar-refractivity contribution in [2.75, 3.05) is 6.61 Å². The van der Waals surface area contributed by atoms with Crippen LogP contribution in [0.3, 0.4) is 0 Å². The highest BCUT2D eigenvalue weighted by Crippen LogP contribution is 2.17. The van der Waals surface area contributed by atoms with Gasteiger partial charge < -0.3 is 9.30 Å². The van der Waals surface area contributed by atoms with E-state index < -0.39 is 0 Å². The van der Waals surface area contributed by atoms with Gasteiger partial charge in [0.05, 0.1) is 29.5 Å². The van der Waals surface area contributed by atoms with E-state index in [0.717, 1.165) is 24.0 Å². The maximum Gasteiger partial charge on any atom is 0.137 e. The molecule has 0 aliphatic carbocycles. The molecule has 0 unspecified atom stereocenters. The summed E-state index contributed by atoms with van der Waals surface area (Å²) in [6, 6.07) is 17.5. The number of rotatable bonds is 5. The summed E-state index contributed by atoms with van der Waals surface area (Å²) in [5.74, 6) is 0.649. The second kappa shape index (κ2) is 6.10. The van der Waals surface area contributed by atoms with E-state index in [0.29, 0.717) is 17.9 Å². The number of ether oxygens (including phenoxy) is 1. The van der Waals surface area contributed by atoms with Crippen LogP contribution >= 0.6 is 0 Å². The first-order chi connectivity index (χ1) is 10.4. The van der Waals surface area contributed by atoms with Crippen molar-refractivity contribution in [2.24, 2.45) is 0 Å². The quantitative estimate of drug-likeness (QED) is 0.672. The van der Waals surface area contributed by atoms with Crippen LogP contribution < -0.4 is 4.74 Å². The Labute approximate surface area is 123 Å². The number of nitrogens with zero attached hydrogens (tertiary/aromatic N) is 3. The Kier molecular flexibility index (Phi) is 3.83. The van der Waals surface area contributed by atoms with Crippen LogP contribution in [0.2, 0.25) is 0 Å². The number of nitriles is 1. The summed E-state index contributed by atoms with van der Waals surface area (Å²) in [5.41, 5.74) is 2.72. The smallest absolute Gasteiger partial charge is 0.137 e. The van der Waals surface area contributed by atoms with E-state index in [1.807, 2.05) is 42.7 Å². The minimum Gasteiger partial charge on any atom is -0.492 e. The molecule has 21 heavy (non-hydrogen) atoms. The number of aromatic nitrogens is 2. The van der Waals surface area contributed by atoms with Gasteiger partial charge in [0.25, 0.3) is 0 Å². The molecule has 1 heterocycles. The van der Waals surface area contributed by atoms with E-state index in [2.05, 4.69) is 21.7 Å². The molecule has 4 nitrogen and oxygen atoms in total. The van der Waals surface area contributed by atoms with Crippen LogP contribution in [0.15, 0.2) is 54.9 Å². The van der Waals surface area contributed by atoms with Gasteiger partial charge in [0.2, 0.25) is 0 Å². The van der Waals surface area contributed by atoms with E-state index in [4.69, 9.17) is 10.00 Å². The minimum atomic E-state index is 0.575. The number of fused-ring (bicyclic) bond motifs is 1. The topological polar surface area (TPSA) is 50.8 Å². The third-order valence-corrected chi connectivity index (χ3v) is 3.34. The molecule has 1 aromatic heterocycles. The summed E-state index contributed by atoms with van der Waals surface area (Å²) in [6.45, 7) is 1.42. The number of aryl methyl sites for hydroxylation is 1. The highest BCUT2D eigenvalue weighted by molar-refractivity contribution is 5.74. The van der Waals surface area contributed by atoms with E-state index in [-0.39, 0.29) is 0 Å². The van der Waals surface area contributed by atoms with Crippen molar-refractivity contribution in [3.8, 4) is 11.8 Å². The first-order valence-corrected chi connectivity index (χ1v) is 6.90. The van der Waals surface area contributed by atoms with Gasteiger partial charge in [-0.3, -0.25) is 0 Å². The minimum absolute atomic E-state index is 0.575. The van der Waals surface area contributed by atoms with Gasteiger partial charge in [-0.25, -0.2) is 4.98 Å². The Bertz CT molecular complexity index is 786. The Hall–Kier alpha value is -2.80. The summed E-state index contributed by atoms with van der Waals surface area (Å²) in [4.78, 5) is 4.36. The molecule has 0 bridgehead atoms. The summed E-state index contributed by atoms with van der Waals surface area (Å²) < 4.78 is 7.80. The summed E-state index contributed by atoms with van der Waals surface area (Å²) in [7, 11) is 0. The monoisotopic (exact) mass is 277 g/mol. The average molecular weight is 277 g/mol. The van der Waals surface area contributed by atoms with Crippen LogP contribution in [0.5, 0.6) is 5.75 Å². The fourth-order valence-corrected chi connectivity index (χ4v) is 2.29. The molecular formula is C17H15N3O. The largest absolute Gasteiger partial charge is 0.492 e. The Morgan fingerprint density at radius 1 is 1.10 bits per heavy atom. The molecule has 0 amide bonds. The highest BCUT2D eigenvalue weighted by atomic mass is 16.5. The zero-order valence-electron chi connectivity index (χ0n) is 11.6. The normalized spacial score (nSPS) is 10.4. The molecule has 0 atom stereocenters. The summed E-state index contributed by atoms with van der Waals surface area (Å²) in [6.07, 6.45) is 2.72. The van der Waals surface area contributed by atoms with Crippen LogP contribution in [0.4, 0.5) is 0 Å². The molecule has 0 N–H and O–H groups in total. The molecule has 0 fully saturated rings. The highest BCUT2D eigenvalue weighted by Gasteiger charge is 2.03. The lowest BCUT2D eigenvalue weighted by atomic mass is 10.2. The SMILES string of the molecule is N#Cc1ccccc1OCCCn1cnc2ccccc21. The van der Waals surface area contributed by atoms with Gasteiger partial charge in [0.1, 0.15) is 11.8 Å². The van der Waals surface area contributed by atoms with Crippen LogP contribution in [-0.2, 0) is 6.54 Å². The predicted octanol–water partition coefficient (Wildman–Crippen LogP) is 3.38. The molecule has 3 rings (SSSR count). The van der Waals surface area contributed by atoms with Crippen LogP contribution in [0, 0.1) is 11.3 Å². The third-order valence-electron chi connectivity index (χ3n) is 3.34. The molecule has 4 heteroatoms. The first kappa shape index (κ1) is 13.2. The second-order valence-electron chi connectivity index (χ2n) is 4.74. The predicted molar refractivity (Wildman–Crippen MR) is 81.0 cm³/mol. The number of para-hydroxylation sites is 3. The molecule has 104 valence electrons. The molecule has 2 aromatic carbocycles. The zero-order chi connectivity index (χ0) is 14.5. The van der Waals surface area contributed by atoms with Gasteiger partial charge >= 0.3 is 0 Å². The van der Waals surface area contributed by atoms with Gasteiger partial charge in [-0.05, 0) is 30.7 Å². The Balaban J connectivity index is 1.58. The van der Waals surface area contributed by atoms with Crippen LogP contribution in [0.25, 0.3) is 11.0 Å². The van der Waals surface area contributed by atoms with Crippen molar-refractivity contribution >= 4 is 11.0 Å². The van der Waals surface area contributed by atoms with Gasteiger partial charge in [0.15, 0.2) is 0 Å². The van der Waals surface area contributed by atoms with Gasteiger partial charge in [0, 0.05) is 6.54 Å². The average Bonchev–Trinajstić information content (AvgIpc) is 2.95. The number of hydrogen-bond donors (Lipinski definition) is 0. The van der Waals surface area contributed by atoms with E-state index in [1.54, 1.807) is 6.07 Å². The lowest BCUT2D eigenvalue weighted by Gasteiger charge is -2.08. The van der Waals surface area contributed by atoms with E-state index in [1.165, 1.54) is 0 Å². The standard InChI is InChI=1S/C17H15N3O/c18-12-14-6-1-4-9-17(14)21-11-5-10-20-13-19-15-7-2-3-8-16(15)20/h1-4,6-9,13H,5,10-11H2. The first-order valence-electron chi connectivity index (χ1n) is 6.90. The number of benzene rings is 2. The molecule has 0 aliphatic heterocycles.